The van der Waals surface area contributed by atoms with Crippen LogP contribution in [0.1, 0.15) is 5.56 Å². The summed E-state index contributed by atoms with van der Waals surface area (Å²) in [5, 5.41) is 3.44. The van der Waals surface area contributed by atoms with Crippen molar-refractivity contribution in [3.8, 4) is 10.4 Å². The van der Waals surface area contributed by atoms with Gasteiger partial charge >= 0.3 is 0 Å². The monoisotopic (exact) mass is 257 g/mol. The molecule has 0 amide bonds. The Balaban J connectivity index is 2.51. The molecule has 2 N–H and O–H groups in total. The summed E-state index contributed by atoms with van der Waals surface area (Å²) in [4.78, 5) is 1.06. The molecule has 0 bridgehead atoms. The van der Waals surface area contributed by atoms with Crippen molar-refractivity contribution in [2.75, 3.05) is 0 Å². The first-order valence-corrected chi connectivity index (χ1v) is 6.08. The lowest BCUT2D eigenvalue weighted by atomic mass is 10.1. The summed E-state index contributed by atoms with van der Waals surface area (Å²) in [6.07, 6.45) is 0. The van der Waals surface area contributed by atoms with E-state index < -0.39 is 0 Å². The number of halogens is 2. The van der Waals surface area contributed by atoms with Crippen molar-refractivity contribution in [2.45, 2.75) is 6.54 Å². The molecular weight excluding hydrogens is 249 g/mol. The quantitative estimate of drug-likeness (QED) is 0.859. The van der Waals surface area contributed by atoms with Crippen LogP contribution < -0.4 is 5.73 Å². The molecule has 0 radical (unpaired) electrons. The SMILES string of the molecule is NCc1cc(-c2sccc2Cl)ccc1Cl. The fraction of sp³-hybridized carbons (Fsp3) is 0.0909. The first-order valence-electron chi connectivity index (χ1n) is 4.44. The summed E-state index contributed by atoms with van der Waals surface area (Å²) < 4.78 is 0. The highest BCUT2D eigenvalue weighted by Crippen LogP contribution is 2.34. The number of hydrogen-bond donors (Lipinski definition) is 1. The normalized spacial score (nSPS) is 10.6. The predicted molar refractivity (Wildman–Crippen MR) is 67.7 cm³/mol. The van der Waals surface area contributed by atoms with Gasteiger partial charge in [-0.25, -0.2) is 0 Å². The molecule has 1 aromatic heterocycles. The summed E-state index contributed by atoms with van der Waals surface area (Å²) in [6, 6.07) is 7.69. The van der Waals surface area contributed by atoms with Gasteiger partial charge in [0.1, 0.15) is 0 Å². The van der Waals surface area contributed by atoms with Gasteiger partial charge in [0.05, 0.1) is 9.90 Å². The summed E-state index contributed by atoms with van der Waals surface area (Å²) in [5.74, 6) is 0. The Hall–Kier alpha value is -0.540. The lowest BCUT2D eigenvalue weighted by molar-refractivity contribution is 1.07. The minimum atomic E-state index is 0.440. The number of rotatable bonds is 2. The van der Waals surface area contributed by atoms with Gasteiger partial charge in [0, 0.05) is 11.6 Å². The minimum absolute atomic E-state index is 0.440. The van der Waals surface area contributed by atoms with E-state index in [1.165, 1.54) is 0 Å². The number of nitrogens with two attached hydrogens (primary N) is 1. The van der Waals surface area contributed by atoms with Gasteiger partial charge in [-0.2, -0.15) is 0 Å². The van der Waals surface area contributed by atoms with Crippen LogP contribution in [0.5, 0.6) is 0 Å². The zero-order valence-corrected chi connectivity index (χ0v) is 10.2. The molecule has 0 aliphatic carbocycles. The maximum Gasteiger partial charge on any atom is 0.0592 e. The van der Waals surface area contributed by atoms with E-state index in [0.29, 0.717) is 11.6 Å². The fourth-order valence-electron chi connectivity index (χ4n) is 1.37. The number of hydrogen-bond acceptors (Lipinski definition) is 2. The van der Waals surface area contributed by atoms with Crippen LogP contribution in [0.3, 0.4) is 0 Å². The first kappa shape index (κ1) is 11.0. The largest absolute Gasteiger partial charge is 0.326 e. The molecule has 15 heavy (non-hydrogen) atoms. The molecule has 2 aromatic rings. The lowest BCUT2D eigenvalue weighted by Gasteiger charge is -2.04. The molecule has 0 aliphatic rings. The van der Waals surface area contributed by atoms with Gasteiger partial charge in [-0.15, -0.1) is 11.3 Å². The van der Waals surface area contributed by atoms with E-state index in [-0.39, 0.29) is 0 Å². The van der Waals surface area contributed by atoms with E-state index in [0.717, 1.165) is 21.0 Å². The highest BCUT2D eigenvalue weighted by atomic mass is 35.5. The summed E-state index contributed by atoms with van der Waals surface area (Å²) in [7, 11) is 0. The van der Waals surface area contributed by atoms with Gasteiger partial charge < -0.3 is 5.73 Å². The Bertz CT molecular complexity index is 479. The van der Waals surface area contributed by atoms with Crippen LogP contribution in [0.4, 0.5) is 0 Å². The molecule has 78 valence electrons. The molecule has 0 fully saturated rings. The van der Waals surface area contributed by atoms with Gasteiger partial charge in [0.25, 0.3) is 0 Å². The van der Waals surface area contributed by atoms with Crippen molar-refractivity contribution in [1.82, 2.24) is 0 Å². The molecule has 1 nitrogen and oxygen atoms in total. The van der Waals surface area contributed by atoms with E-state index in [9.17, 15) is 0 Å². The van der Waals surface area contributed by atoms with E-state index in [1.54, 1.807) is 11.3 Å². The van der Waals surface area contributed by atoms with Crippen LogP contribution in [0.15, 0.2) is 29.6 Å². The Morgan fingerprint density at radius 2 is 1.93 bits per heavy atom. The van der Waals surface area contributed by atoms with Gasteiger partial charge in [-0.1, -0.05) is 29.3 Å². The maximum atomic E-state index is 6.06. The highest BCUT2D eigenvalue weighted by molar-refractivity contribution is 7.14. The average molecular weight is 258 g/mol. The van der Waals surface area contributed by atoms with Gasteiger partial charge in [-0.3, -0.25) is 0 Å². The van der Waals surface area contributed by atoms with Crippen molar-refractivity contribution in [1.29, 1.82) is 0 Å². The molecule has 2 rings (SSSR count). The molecule has 0 spiro atoms. The standard InChI is InChI=1S/C11H9Cl2NS/c12-9-2-1-7(5-8(9)6-14)11-10(13)3-4-15-11/h1-5H,6,14H2. The zero-order valence-electron chi connectivity index (χ0n) is 7.84. The van der Waals surface area contributed by atoms with E-state index >= 15 is 0 Å². The Kier molecular flexibility index (Phi) is 3.32. The molecule has 0 saturated carbocycles. The maximum absolute atomic E-state index is 6.06. The molecule has 0 unspecified atom stereocenters. The third-order valence-electron chi connectivity index (χ3n) is 2.14. The molecule has 0 saturated heterocycles. The molecule has 0 atom stereocenters. The minimum Gasteiger partial charge on any atom is -0.326 e. The van der Waals surface area contributed by atoms with Gasteiger partial charge in [0.15, 0.2) is 0 Å². The lowest BCUT2D eigenvalue weighted by Crippen LogP contribution is -1.97. The highest BCUT2D eigenvalue weighted by Gasteiger charge is 2.07. The van der Waals surface area contributed by atoms with Gasteiger partial charge in [-0.05, 0) is 34.7 Å². The second-order valence-electron chi connectivity index (χ2n) is 3.11. The summed E-state index contributed by atoms with van der Waals surface area (Å²) in [5.41, 5.74) is 7.61. The van der Waals surface area contributed by atoms with Crippen molar-refractivity contribution < 1.29 is 0 Å². The van der Waals surface area contributed by atoms with Crippen LogP contribution in [0.2, 0.25) is 10.0 Å². The third kappa shape index (κ3) is 2.18. The summed E-state index contributed by atoms with van der Waals surface area (Å²) in [6.45, 7) is 0.440. The number of benzene rings is 1. The Morgan fingerprint density at radius 1 is 1.13 bits per heavy atom. The van der Waals surface area contributed by atoms with E-state index in [1.807, 2.05) is 29.6 Å². The third-order valence-corrected chi connectivity index (χ3v) is 3.90. The van der Waals surface area contributed by atoms with Crippen LogP contribution >= 0.6 is 34.5 Å². The van der Waals surface area contributed by atoms with E-state index in [2.05, 4.69) is 0 Å². The second-order valence-corrected chi connectivity index (χ2v) is 4.84. The van der Waals surface area contributed by atoms with E-state index in [4.69, 9.17) is 28.9 Å². The molecule has 1 aromatic carbocycles. The molecule has 1 heterocycles. The topological polar surface area (TPSA) is 26.0 Å². The van der Waals surface area contributed by atoms with Crippen molar-refractivity contribution >= 4 is 34.5 Å². The van der Waals surface area contributed by atoms with Crippen molar-refractivity contribution in [3.63, 3.8) is 0 Å². The van der Waals surface area contributed by atoms with Crippen LogP contribution in [-0.4, -0.2) is 0 Å². The van der Waals surface area contributed by atoms with Crippen LogP contribution in [0.25, 0.3) is 10.4 Å². The number of thiophene rings is 1. The fourth-order valence-corrected chi connectivity index (χ4v) is 2.73. The Labute approximate surface area is 102 Å². The average Bonchev–Trinajstić information content (AvgIpc) is 2.65. The molecule has 4 heteroatoms. The van der Waals surface area contributed by atoms with Crippen LogP contribution in [-0.2, 0) is 6.54 Å². The zero-order chi connectivity index (χ0) is 10.8. The summed E-state index contributed by atoms with van der Waals surface area (Å²) >= 11 is 13.7. The molecular formula is C11H9Cl2NS. The van der Waals surface area contributed by atoms with Crippen molar-refractivity contribution in [2.24, 2.45) is 5.73 Å². The van der Waals surface area contributed by atoms with Crippen molar-refractivity contribution in [3.05, 3.63) is 45.3 Å². The van der Waals surface area contributed by atoms with Crippen LogP contribution in [0, 0.1) is 0 Å². The van der Waals surface area contributed by atoms with Gasteiger partial charge in [0.2, 0.25) is 0 Å². The molecule has 0 aliphatic heterocycles. The predicted octanol–water partition coefficient (Wildman–Crippen LogP) is 4.18. The Morgan fingerprint density at radius 3 is 2.53 bits per heavy atom. The first-order chi connectivity index (χ1) is 7.22. The second kappa shape index (κ2) is 4.54. The smallest absolute Gasteiger partial charge is 0.0592 e.